The van der Waals surface area contributed by atoms with E-state index in [-0.39, 0.29) is 11.5 Å². The Labute approximate surface area is 151 Å². The topological polar surface area (TPSA) is 69.2 Å². The molecule has 0 N–H and O–H groups in total. The molecule has 0 amide bonds. The Balaban J connectivity index is 1.66. The van der Waals surface area contributed by atoms with E-state index in [4.69, 9.17) is 4.18 Å². The van der Waals surface area contributed by atoms with Gasteiger partial charge >= 0.3 is 0 Å². The van der Waals surface area contributed by atoms with E-state index in [0.29, 0.717) is 6.42 Å². The molecule has 0 aliphatic heterocycles. The van der Waals surface area contributed by atoms with Crippen LogP contribution in [0.3, 0.4) is 0 Å². The summed E-state index contributed by atoms with van der Waals surface area (Å²) in [6.07, 6.45) is 3.89. The zero-order valence-corrected chi connectivity index (χ0v) is 15.6. The molecule has 0 saturated heterocycles. The Kier molecular flexibility index (Phi) is 5.27. The molecule has 0 aliphatic rings. The molecule has 2 aromatic heterocycles. The molecule has 0 spiro atoms. The van der Waals surface area contributed by atoms with Gasteiger partial charge in [0, 0.05) is 29.3 Å². The number of benzene rings is 1. The van der Waals surface area contributed by atoms with Gasteiger partial charge in [0.25, 0.3) is 10.1 Å². The number of pyridine rings is 1. The third kappa shape index (κ3) is 4.31. The molecule has 0 atom stereocenters. The van der Waals surface area contributed by atoms with E-state index in [1.54, 1.807) is 48.0 Å². The highest BCUT2D eigenvalue weighted by molar-refractivity contribution is 7.86. The Bertz CT molecular complexity index is 950. The molecule has 0 aliphatic carbocycles. The molecular weight excluding hydrogens is 356 g/mol. The molecule has 2 heterocycles. The van der Waals surface area contributed by atoms with Crippen molar-refractivity contribution >= 4 is 21.5 Å². The van der Waals surface area contributed by atoms with Gasteiger partial charge in [-0.15, -0.1) is 11.3 Å². The maximum Gasteiger partial charge on any atom is 0.296 e. The monoisotopic (exact) mass is 374 g/mol. The number of hydrogen-bond donors (Lipinski definition) is 0. The molecule has 7 heteroatoms. The fraction of sp³-hybridized carbons (Fsp3) is 0.222. The average Bonchev–Trinajstić information content (AvgIpc) is 2.97. The maximum atomic E-state index is 12.2. The van der Waals surface area contributed by atoms with Gasteiger partial charge in [-0.05, 0) is 38.1 Å². The first kappa shape index (κ1) is 17.7. The zero-order chi connectivity index (χ0) is 17.9. The van der Waals surface area contributed by atoms with Crippen LogP contribution in [0.4, 0.5) is 0 Å². The molecule has 1 aromatic carbocycles. The number of aryl methyl sites for hydroxylation is 2. The summed E-state index contributed by atoms with van der Waals surface area (Å²) in [5.74, 6) is 0. The van der Waals surface area contributed by atoms with E-state index < -0.39 is 10.1 Å². The second kappa shape index (κ2) is 7.43. The van der Waals surface area contributed by atoms with Crippen molar-refractivity contribution in [2.45, 2.75) is 25.2 Å². The van der Waals surface area contributed by atoms with Crippen molar-refractivity contribution in [2.75, 3.05) is 6.61 Å². The van der Waals surface area contributed by atoms with Crippen LogP contribution in [0.1, 0.15) is 16.1 Å². The van der Waals surface area contributed by atoms with Crippen LogP contribution in [-0.4, -0.2) is 25.0 Å². The summed E-state index contributed by atoms with van der Waals surface area (Å²) in [5, 5.41) is 0.899. The first-order chi connectivity index (χ1) is 12.0. The number of hydrogen-bond acceptors (Lipinski definition) is 6. The minimum atomic E-state index is -3.74. The van der Waals surface area contributed by atoms with Crippen molar-refractivity contribution in [3.05, 3.63) is 64.9 Å². The van der Waals surface area contributed by atoms with Gasteiger partial charge in [-0.1, -0.05) is 17.7 Å². The molecule has 3 rings (SSSR count). The van der Waals surface area contributed by atoms with Crippen LogP contribution < -0.4 is 0 Å². The van der Waals surface area contributed by atoms with E-state index in [9.17, 15) is 8.42 Å². The van der Waals surface area contributed by atoms with Gasteiger partial charge in [0.05, 0.1) is 17.2 Å². The van der Waals surface area contributed by atoms with E-state index in [2.05, 4.69) is 9.97 Å². The lowest BCUT2D eigenvalue weighted by atomic mass is 10.2. The van der Waals surface area contributed by atoms with Gasteiger partial charge in [0.1, 0.15) is 5.01 Å². The van der Waals surface area contributed by atoms with Crippen molar-refractivity contribution in [1.29, 1.82) is 0 Å². The first-order valence-electron chi connectivity index (χ1n) is 7.78. The van der Waals surface area contributed by atoms with Crippen molar-refractivity contribution in [3.8, 4) is 10.6 Å². The van der Waals surface area contributed by atoms with Crippen LogP contribution in [0.25, 0.3) is 10.6 Å². The van der Waals surface area contributed by atoms with Gasteiger partial charge in [-0.25, -0.2) is 4.98 Å². The van der Waals surface area contributed by atoms with Crippen LogP contribution >= 0.6 is 11.3 Å². The van der Waals surface area contributed by atoms with E-state index in [1.165, 1.54) is 0 Å². The Morgan fingerprint density at radius 1 is 1.04 bits per heavy atom. The van der Waals surface area contributed by atoms with E-state index in [1.807, 2.05) is 26.0 Å². The minimum absolute atomic E-state index is 0.0660. The lowest BCUT2D eigenvalue weighted by molar-refractivity contribution is 0.321. The normalized spacial score (nSPS) is 11.6. The smallest absolute Gasteiger partial charge is 0.266 e. The lowest BCUT2D eigenvalue weighted by Gasteiger charge is -2.05. The second-order valence-electron chi connectivity index (χ2n) is 5.60. The van der Waals surface area contributed by atoms with Gasteiger partial charge in [-0.3, -0.25) is 9.17 Å². The van der Waals surface area contributed by atoms with E-state index >= 15 is 0 Å². The van der Waals surface area contributed by atoms with Gasteiger partial charge in [0.2, 0.25) is 0 Å². The van der Waals surface area contributed by atoms with Gasteiger partial charge < -0.3 is 0 Å². The molecule has 0 saturated carbocycles. The zero-order valence-electron chi connectivity index (χ0n) is 14.0. The molecule has 3 aromatic rings. The molecule has 0 unspecified atom stereocenters. The summed E-state index contributed by atoms with van der Waals surface area (Å²) in [5.41, 5.74) is 2.86. The Morgan fingerprint density at radius 2 is 1.72 bits per heavy atom. The Hall–Kier alpha value is -2.09. The van der Waals surface area contributed by atoms with E-state index in [0.717, 1.165) is 26.7 Å². The summed E-state index contributed by atoms with van der Waals surface area (Å²) in [4.78, 5) is 9.83. The third-order valence-corrected chi connectivity index (χ3v) is 6.10. The molecule has 0 fully saturated rings. The fourth-order valence-corrected chi connectivity index (χ4v) is 4.17. The highest BCUT2D eigenvalue weighted by atomic mass is 32.2. The number of thiazole rings is 1. The summed E-state index contributed by atoms with van der Waals surface area (Å²) < 4.78 is 29.6. The molecule has 5 nitrogen and oxygen atoms in total. The SMILES string of the molecule is Cc1ccc(S(=O)(=O)OCCc2nc(-c3ccncc3)sc2C)cc1. The quantitative estimate of drug-likeness (QED) is 0.614. The fourth-order valence-electron chi connectivity index (χ4n) is 2.30. The van der Waals surface area contributed by atoms with Crippen LogP contribution in [-0.2, 0) is 20.7 Å². The predicted molar refractivity (Wildman–Crippen MR) is 98.1 cm³/mol. The summed E-state index contributed by atoms with van der Waals surface area (Å²) >= 11 is 1.58. The predicted octanol–water partition coefficient (Wildman–Crippen LogP) is 3.77. The molecule has 25 heavy (non-hydrogen) atoms. The van der Waals surface area contributed by atoms with Gasteiger partial charge in [0.15, 0.2) is 0 Å². The third-order valence-electron chi connectivity index (χ3n) is 3.71. The van der Waals surface area contributed by atoms with Crippen molar-refractivity contribution in [2.24, 2.45) is 0 Å². The Morgan fingerprint density at radius 3 is 2.40 bits per heavy atom. The average molecular weight is 374 g/mol. The molecular formula is C18H18N2O3S2. The summed E-state index contributed by atoms with van der Waals surface area (Å²) in [6, 6.07) is 10.4. The standard InChI is InChI=1S/C18H18N2O3S2/c1-13-3-5-16(6-4-13)25(21,22)23-12-9-17-14(2)24-18(20-17)15-7-10-19-11-8-15/h3-8,10-11H,9,12H2,1-2H3. The molecule has 0 radical (unpaired) electrons. The second-order valence-corrected chi connectivity index (χ2v) is 8.42. The molecule has 130 valence electrons. The molecule has 0 bridgehead atoms. The maximum absolute atomic E-state index is 12.2. The highest BCUT2D eigenvalue weighted by Gasteiger charge is 2.16. The number of rotatable bonds is 6. The first-order valence-corrected chi connectivity index (χ1v) is 10.0. The largest absolute Gasteiger partial charge is 0.296 e. The minimum Gasteiger partial charge on any atom is -0.266 e. The van der Waals surface area contributed by atoms with Gasteiger partial charge in [-0.2, -0.15) is 8.42 Å². The van der Waals surface area contributed by atoms with Crippen molar-refractivity contribution in [1.82, 2.24) is 9.97 Å². The lowest BCUT2D eigenvalue weighted by Crippen LogP contribution is -2.09. The van der Waals surface area contributed by atoms with Crippen LogP contribution in [0.15, 0.2) is 53.7 Å². The highest BCUT2D eigenvalue weighted by Crippen LogP contribution is 2.27. The van der Waals surface area contributed by atoms with Crippen molar-refractivity contribution < 1.29 is 12.6 Å². The van der Waals surface area contributed by atoms with Crippen LogP contribution in [0, 0.1) is 13.8 Å². The van der Waals surface area contributed by atoms with Crippen molar-refractivity contribution in [3.63, 3.8) is 0 Å². The summed E-state index contributed by atoms with van der Waals surface area (Å²) in [7, 11) is -3.74. The summed E-state index contributed by atoms with van der Waals surface area (Å²) in [6.45, 7) is 3.95. The van der Waals surface area contributed by atoms with Crippen LogP contribution in [0.2, 0.25) is 0 Å². The van der Waals surface area contributed by atoms with Crippen LogP contribution in [0.5, 0.6) is 0 Å². The number of aromatic nitrogens is 2. The number of nitrogens with zero attached hydrogens (tertiary/aromatic N) is 2.